The van der Waals surface area contributed by atoms with E-state index in [-0.39, 0.29) is 12.1 Å². The molecule has 0 bridgehead atoms. The molecule has 0 amide bonds. The molecular weight excluding hydrogens is 248 g/mol. The zero-order valence-electron chi connectivity index (χ0n) is 12.3. The highest BCUT2D eigenvalue weighted by atomic mass is 16.5. The Balaban J connectivity index is 1.88. The van der Waals surface area contributed by atoms with Gasteiger partial charge in [-0.15, -0.1) is 0 Å². The highest BCUT2D eigenvalue weighted by Crippen LogP contribution is 2.15. The molecule has 0 aliphatic rings. The molecule has 0 radical (unpaired) electrons. The Morgan fingerprint density at radius 3 is 2.45 bits per heavy atom. The second-order valence-corrected chi connectivity index (χ2v) is 5.20. The van der Waals surface area contributed by atoms with Crippen LogP contribution in [0.1, 0.15) is 37.9 Å². The molecule has 2 rings (SSSR count). The third-order valence-electron chi connectivity index (χ3n) is 3.09. The summed E-state index contributed by atoms with van der Waals surface area (Å²) in [5.74, 6) is 0.920. The van der Waals surface area contributed by atoms with Crippen LogP contribution >= 0.6 is 0 Å². The Labute approximate surface area is 121 Å². The normalized spacial score (nSPS) is 12.4. The highest BCUT2D eigenvalue weighted by Gasteiger charge is 2.04. The number of hydrogen-bond donors (Lipinski definition) is 1. The molecule has 0 fully saturated rings. The zero-order valence-corrected chi connectivity index (χ0v) is 12.3. The lowest BCUT2D eigenvalue weighted by Gasteiger charge is -2.14. The van der Waals surface area contributed by atoms with Crippen molar-refractivity contribution in [2.75, 3.05) is 0 Å². The molecule has 3 heteroatoms. The SMILES string of the molecule is CC(C)Oc1ccc(CNC(C)c2cccnc2)cc1. The zero-order chi connectivity index (χ0) is 14.4. The van der Waals surface area contributed by atoms with Gasteiger partial charge in [-0.05, 0) is 50.1 Å². The summed E-state index contributed by atoms with van der Waals surface area (Å²) in [6.07, 6.45) is 3.91. The van der Waals surface area contributed by atoms with Crippen LogP contribution in [-0.4, -0.2) is 11.1 Å². The first-order valence-electron chi connectivity index (χ1n) is 7.04. The fourth-order valence-electron chi connectivity index (χ4n) is 1.98. The molecule has 1 heterocycles. The van der Waals surface area contributed by atoms with Gasteiger partial charge in [0, 0.05) is 25.0 Å². The van der Waals surface area contributed by atoms with Gasteiger partial charge >= 0.3 is 0 Å². The molecule has 0 saturated carbocycles. The Kier molecular flexibility index (Phi) is 5.13. The van der Waals surface area contributed by atoms with Crippen molar-refractivity contribution < 1.29 is 4.74 Å². The number of benzene rings is 1. The van der Waals surface area contributed by atoms with Crippen LogP contribution in [0, 0.1) is 0 Å². The summed E-state index contributed by atoms with van der Waals surface area (Å²) >= 11 is 0. The molecule has 20 heavy (non-hydrogen) atoms. The van der Waals surface area contributed by atoms with E-state index < -0.39 is 0 Å². The topological polar surface area (TPSA) is 34.1 Å². The molecule has 1 N–H and O–H groups in total. The molecule has 3 nitrogen and oxygen atoms in total. The maximum absolute atomic E-state index is 5.64. The van der Waals surface area contributed by atoms with Crippen LogP contribution in [0.15, 0.2) is 48.8 Å². The lowest BCUT2D eigenvalue weighted by molar-refractivity contribution is 0.242. The first-order valence-corrected chi connectivity index (χ1v) is 7.04. The molecule has 1 unspecified atom stereocenters. The Morgan fingerprint density at radius 2 is 1.85 bits per heavy atom. The van der Waals surface area contributed by atoms with E-state index in [4.69, 9.17) is 4.74 Å². The molecule has 106 valence electrons. The average Bonchev–Trinajstić information content (AvgIpc) is 2.46. The van der Waals surface area contributed by atoms with Crippen molar-refractivity contribution >= 4 is 0 Å². The third-order valence-corrected chi connectivity index (χ3v) is 3.09. The molecule has 1 aromatic heterocycles. The van der Waals surface area contributed by atoms with Crippen molar-refractivity contribution in [2.45, 2.75) is 39.5 Å². The van der Waals surface area contributed by atoms with Gasteiger partial charge in [0.05, 0.1) is 6.10 Å². The largest absolute Gasteiger partial charge is 0.491 e. The molecule has 0 spiro atoms. The summed E-state index contributed by atoms with van der Waals surface area (Å²) in [4.78, 5) is 4.14. The van der Waals surface area contributed by atoms with Crippen LogP contribution in [0.4, 0.5) is 0 Å². The number of hydrogen-bond acceptors (Lipinski definition) is 3. The Morgan fingerprint density at radius 1 is 1.10 bits per heavy atom. The highest BCUT2D eigenvalue weighted by molar-refractivity contribution is 5.27. The molecule has 1 aromatic carbocycles. The van der Waals surface area contributed by atoms with Crippen molar-refractivity contribution in [2.24, 2.45) is 0 Å². The van der Waals surface area contributed by atoms with Crippen molar-refractivity contribution in [3.63, 3.8) is 0 Å². The van der Waals surface area contributed by atoms with E-state index in [2.05, 4.69) is 35.4 Å². The summed E-state index contributed by atoms with van der Waals surface area (Å²) in [5.41, 5.74) is 2.45. The Bertz CT molecular complexity index is 508. The van der Waals surface area contributed by atoms with Gasteiger partial charge in [-0.3, -0.25) is 4.98 Å². The first-order chi connectivity index (χ1) is 9.65. The molecule has 2 aromatic rings. The molecular formula is C17H22N2O. The van der Waals surface area contributed by atoms with E-state index >= 15 is 0 Å². The molecule has 1 atom stereocenters. The standard InChI is InChI=1S/C17H22N2O/c1-13(2)20-17-8-6-15(7-9-17)11-19-14(3)16-5-4-10-18-12-16/h4-10,12-14,19H,11H2,1-3H3. The van der Waals surface area contributed by atoms with Gasteiger partial charge in [0.15, 0.2) is 0 Å². The van der Waals surface area contributed by atoms with Gasteiger partial charge in [-0.1, -0.05) is 18.2 Å². The number of pyridine rings is 1. The van der Waals surface area contributed by atoms with Crippen molar-refractivity contribution in [1.82, 2.24) is 10.3 Å². The Hall–Kier alpha value is -1.87. The van der Waals surface area contributed by atoms with E-state index in [1.54, 1.807) is 6.20 Å². The van der Waals surface area contributed by atoms with E-state index in [1.165, 1.54) is 11.1 Å². The number of ether oxygens (including phenoxy) is 1. The molecule has 0 aliphatic heterocycles. The van der Waals surface area contributed by atoms with Crippen LogP contribution < -0.4 is 10.1 Å². The van der Waals surface area contributed by atoms with E-state index in [0.717, 1.165) is 12.3 Å². The minimum Gasteiger partial charge on any atom is -0.491 e. The lowest BCUT2D eigenvalue weighted by atomic mass is 10.1. The summed E-state index contributed by atoms with van der Waals surface area (Å²) in [6.45, 7) is 7.04. The molecule has 0 aliphatic carbocycles. The van der Waals surface area contributed by atoms with Crippen LogP contribution in [0.25, 0.3) is 0 Å². The van der Waals surface area contributed by atoms with Gasteiger partial charge in [-0.25, -0.2) is 0 Å². The van der Waals surface area contributed by atoms with Crippen LogP contribution in [-0.2, 0) is 6.54 Å². The van der Waals surface area contributed by atoms with E-state index in [9.17, 15) is 0 Å². The summed E-state index contributed by atoms with van der Waals surface area (Å²) in [7, 11) is 0. The van der Waals surface area contributed by atoms with Crippen molar-refractivity contribution in [3.05, 3.63) is 59.9 Å². The predicted octanol–water partition coefficient (Wildman–Crippen LogP) is 3.72. The smallest absolute Gasteiger partial charge is 0.119 e. The number of nitrogens with one attached hydrogen (secondary N) is 1. The minimum atomic E-state index is 0.213. The van der Waals surface area contributed by atoms with Gasteiger partial charge in [-0.2, -0.15) is 0 Å². The molecule has 0 saturated heterocycles. The van der Waals surface area contributed by atoms with E-state index in [1.807, 2.05) is 38.2 Å². The average molecular weight is 270 g/mol. The van der Waals surface area contributed by atoms with Crippen molar-refractivity contribution in [3.8, 4) is 5.75 Å². The van der Waals surface area contributed by atoms with Gasteiger partial charge in [0.1, 0.15) is 5.75 Å². The quantitative estimate of drug-likeness (QED) is 0.868. The third kappa shape index (κ3) is 4.35. The number of aromatic nitrogens is 1. The maximum Gasteiger partial charge on any atom is 0.119 e. The monoisotopic (exact) mass is 270 g/mol. The van der Waals surface area contributed by atoms with Gasteiger partial charge in [0.2, 0.25) is 0 Å². The first kappa shape index (κ1) is 14.5. The van der Waals surface area contributed by atoms with Crippen LogP contribution in [0.5, 0.6) is 5.75 Å². The van der Waals surface area contributed by atoms with Crippen molar-refractivity contribution in [1.29, 1.82) is 0 Å². The summed E-state index contributed by atoms with van der Waals surface area (Å²) in [5, 5.41) is 3.49. The summed E-state index contributed by atoms with van der Waals surface area (Å²) in [6, 6.07) is 12.6. The maximum atomic E-state index is 5.64. The van der Waals surface area contributed by atoms with Gasteiger partial charge in [0.25, 0.3) is 0 Å². The van der Waals surface area contributed by atoms with E-state index in [0.29, 0.717) is 0 Å². The van der Waals surface area contributed by atoms with Crippen LogP contribution in [0.2, 0.25) is 0 Å². The van der Waals surface area contributed by atoms with Crippen LogP contribution in [0.3, 0.4) is 0 Å². The fraction of sp³-hybridized carbons (Fsp3) is 0.353. The number of rotatable bonds is 6. The fourth-order valence-corrected chi connectivity index (χ4v) is 1.98. The second kappa shape index (κ2) is 7.06. The minimum absolute atomic E-state index is 0.213. The summed E-state index contributed by atoms with van der Waals surface area (Å²) < 4.78 is 5.64. The second-order valence-electron chi connectivity index (χ2n) is 5.20. The number of nitrogens with zero attached hydrogens (tertiary/aromatic N) is 1. The lowest BCUT2D eigenvalue weighted by Crippen LogP contribution is -2.18. The van der Waals surface area contributed by atoms with Gasteiger partial charge < -0.3 is 10.1 Å². The predicted molar refractivity (Wildman–Crippen MR) is 81.7 cm³/mol.